The molecule has 1 aromatic rings. The van der Waals surface area contributed by atoms with E-state index in [1.165, 1.54) is 5.56 Å². The van der Waals surface area contributed by atoms with Crippen molar-refractivity contribution in [2.24, 2.45) is 13.0 Å². The molecule has 0 radical (unpaired) electrons. The summed E-state index contributed by atoms with van der Waals surface area (Å²) in [5, 5.41) is 7.62. The smallest absolute Gasteiger partial charge is 0.248 e. The van der Waals surface area contributed by atoms with Crippen LogP contribution in [0.2, 0.25) is 0 Å². The molecule has 1 atom stereocenters. The molecule has 0 aromatic carbocycles. The van der Waals surface area contributed by atoms with Gasteiger partial charge in [0, 0.05) is 32.1 Å². The van der Waals surface area contributed by atoms with Crippen molar-refractivity contribution in [1.82, 2.24) is 15.1 Å². The Kier molecular flexibility index (Phi) is 4.55. The van der Waals surface area contributed by atoms with Gasteiger partial charge in [-0.05, 0) is 37.3 Å². The second-order valence-electron chi connectivity index (χ2n) is 5.58. The number of likely N-dealkylation sites (N-methyl/N-ethyl adjacent to an activating group) is 1. The van der Waals surface area contributed by atoms with Crippen LogP contribution in [0.4, 0.5) is 8.78 Å². The molecule has 1 N–H and O–H groups in total. The fraction of sp³-hybridized carbons (Fsp3) is 0.786. The minimum Gasteiger partial charge on any atom is -0.314 e. The van der Waals surface area contributed by atoms with Gasteiger partial charge in [0.05, 0.1) is 6.20 Å². The van der Waals surface area contributed by atoms with E-state index in [1.807, 2.05) is 19.4 Å². The van der Waals surface area contributed by atoms with Crippen LogP contribution in [0, 0.1) is 5.92 Å². The number of alkyl halides is 2. The summed E-state index contributed by atoms with van der Waals surface area (Å²) in [7, 11) is 1.90. The molecule has 0 spiro atoms. The van der Waals surface area contributed by atoms with Crippen molar-refractivity contribution in [1.29, 1.82) is 0 Å². The SMILES string of the molecule is CCNC(Cc1cnn(C)c1)C1CCC(F)(F)CC1. The fourth-order valence-corrected chi connectivity index (χ4v) is 2.96. The maximum Gasteiger partial charge on any atom is 0.248 e. The van der Waals surface area contributed by atoms with Crippen molar-refractivity contribution in [3.63, 3.8) is 0 Å². The number of nitrogens with zero attached hydrogens (tertiary/aromatic N) is 2. The van der Waals surface area contributed by atoms with Crippen molar-refractivity contribution < 1.29 is 8.78 Å². The molecule has 1 aromatic heterocycles. The monoisotopic (exact) mass is 271 g/mol. The minimum atomic E-state index is -2.44. The number of hydrogen-bond donors (Lipinski definition) is 1. The average molecular weight is 271 g/mol. The Hall–Kier alpha value is -0.970. The third kappa shape index (κ3) is 4.00. The Morgan fingerprint density at radius 3 is 2.68 bits per heavy atom. The Bertz CT molecular complexity index is 393. The van der Waals surface area contributed by atoms with E-state index in [9.17, 15) is 8.78 Å². The molecule has 0 aliphatic heterocycles. The number of halogens is 2. The molecule has 1 unspecified atom stereocenters. The fourth-order valence-electron chi connectivity index (χ4n) is 2.96. The van der Waals surface area contributed by atoms with Crippen molar-refractivity contribution in [3.05, 3.63) is 18.0 Å². The maximum atomic E-state index is 13.2. The van der Waals surface area contributed by atoms with Crippen LogP contribution in [0.25, 0.3) is 0 Å². The lowest BCUT2D eigenvalue weighted by Crippen LogP contribution is -2.41. The first kappa shape index (κ1) is 14.4. The Labute approximate surface area is 113 Å². The van der Waals surface area contributed by atoms with Gasteiger partial charge in [0.25, 0.3) is 0 Å². The van der Waals surface area contributed by atoms with Crippen molar-refractivity contribution in [2.75, 3.05) is 6.54 Å². The number of hydrogen-bond acceptors (Lipinski definition) is 2. The predicted molar refractivity (Wildman–Crippen MR) is 71.3 cm³/mol. The second-order valence-corrected chi connectivity index (χ2v) is 5.58. The van der Waals surface area contributed by atoms with Crippen molar-refractivity contribution >= 4 is 0 Å². The molecule has 5 heteroatoms. The summed E-state index contributed by atoms with van der Waals surface area (Å²) in [6, 6.07) is 0.283. The topological polar surface area (TPSA) is 29.9 Å². The van der Waals surface area contributed by atoms with E-state index in [-0.39, 0.29) is 18.9 Å². The minimum absolute atomic E-state index is 0.0343. The maximum absolute atomic E-state index is 13.2. The molecule has 19 heavy (non-hydrogen) atoms. The van der Waals surface area contributed by atoms with Gasteiger partial charge in [0.1, 0.15) is 0 Å². The van der Waals surface area contributed by atoms with Crippen LogP contribution in [-0.4, -0.2) is 28.3 Å². The van der Waals surface area contributed by atoms with E-state index < -0.39 is 5.92 Å². The van der Waals surface area contributed by atoms with Crippen LogP contribution in [0.5, 0.6) is 0 Å². The van der Waals surface area contributed by atoms with Gasteiger partial charge in [-0.15, -0.1) is 0 Å². The Morgan fingerprint density at radius 1 is 1.47 bits per heavy atom. The summed E-state index contributed by atoms with van der Waals surface area (Å²) in [6.07, 6.45) is 6.04. The number of aryl methyl sites for hydroxylation is 1. The van der Waals surface area contributed by atoms with E-state index in [0.717, 1.165) is 13.0 Å². The lowest BCUT2D eigenvalue weighted by molar-refractivity contribution is -0.0494. The highest BCUT2D eigenvalue weighted by Gasteiger charge is 2.37. The summed E-state index contributed by atoms with van der Waals surface area (Å²) >= 11 is 0. The third-order valence-electron chi connectivity index (χ3n) is 4.01. The first-order valence-electron chi connectivity index (χ1n) is 7.09. The van der Waals surface area contributed by atoms with Gasteiger partial charge in [-0.3, -0.25) is 4.68 Å². The van der Waals surface area contributed by atoms with Crippen LogP contribution < -0.4 is 5.32 Å². The molecular formula is C14H23F2N3. The number of aromatic nitrogens is 2. The first-order chi connectivity index (χ1) is 9.00. The molecule has 1 saturated carbocycles. The van der Waals surface area contributed by atoms with Crippen LogP contribution in [0.15, 0.2) is 12.4 Å². The van der Waals surface area contributed by atoms with Crippen molar-refractivity contribution in [3.8, 4) is 0 Å². The van der Waals surface area contributed by atoms with E-state index >= 15 is 0 Å². The van der Waals surface area contributed by atoms with Gasteiger partial charge < -0.3 is 5.32 Å². The van der Waals surface area contributed by atoms with Crippen LogP contribution in [0.3, 0.4) is 0 Å². The summed E-state index contributed by atoms with van der Waals surface area (Å²) in [5.41, 5.74) is 1.17. The standard InChI is InChI=1S/C14H23F2N3/c1-3-17-13(8-11-9-18-19(2)10-11)12-4-6-14(15,16)7-5-12/h9-10,12-13,17H,3-8H2,1-2H3. The molecule has 1 heterocycles. The van der Waals surface area contributed by atoms with E-state index in [4.69, 9.17) is 0 Å². The highest BCUT2D eigenvalue weighted by molar-refractivity contribution is 5.07. The quantitative estimate of drug-likeness (QED) is 0.892. The normalized spacial score (nSPS) is 21.5. The highest BCUT2D eigenvalue weighted by atomic mass is 19.3. The Morgan fingerprint density at radius 2 is 2.16 bits per heavy atom. The molecule has 3 nitrogen and oxygen atoms in total. The highest BCUT2D eigenvalue weighted by Crippen LogP contribution is 2.37. The lowest BCUT2D eigenvalue weighted by atomic mass is 9.80. The molecule has 1 aliphatic carbocycles. The van der Waals surface area contributed by atoms with Gasteiger partial charge >= 0.3 is 0 Å². The zero-order valence-corrected chi connectivity index (χ0v) is 11.7. The van der Waals surface area contributed by atoms with Gasteiger partial charge in [0.15, 0.2) is 0 Å². The number of rotatable bonds is 5. The zero-order chi connectivity index (χ0) is 13.9. The summed E-state index contributed by atoms with van der Waals surface area (Å²) in [5.74, 6) is -2.10. The summed E-state index contributed by atoms with van der Waals surface area (Å²) in [6.45, 7) is 2.94. The lowest BCUT2D eigenvalue weighted by Gasteiger charge is -2.34. The molecule has 0 amide bonds. The average Bonchev–Trinajstić information content (AvgIpc) is 2.74. The largest absolute Gasteiger partial charge is 0.314 e. The van der Waals surface area contributed by atoms with E-state index in [0.29, 0.717) is 18.8 Å². The van der Waals surface area contributed by atoms with Crippen molar-refractivity contribution in [2.45, 2.75) is 51.0 Å². The van der Waals surface area contributed by atoms with Crippen LogP contribution in [-0.2, 0) is 13.5 Å². The molecule has 1 fully saturated rings. The predicted octanol–water partition coefficient (Wildman–Crippen LogP) is 2.77. The van der Waals surface area contributed by atoms with Gasteiger partial charge in [0.2, 0.25) is 5.92 Å². The zero-order valence-electron chi connectivity index (χ0n) is 11.7. The third-order valence-corrected chi connectivity index (χ3v) is 4.01. The molecular weight excluding hydrogens is 248 g/mol. The molecule has 0 bridgehead atoms. The molecule has 1 aliphatic rings. The van der Waals surface area contributed by atoms with Gasteiger partial charge in [-0.1, -0.05) is 6.92 Å². The Balaban J connectivity index is 1.96. The second kappa shape index (κ2) is 5.99. The number of nitrogens with one attached hydrogen (secondary N) is 1. The van der Waals surface area contributed by atoms with Crippen LogP contribution in [0.1, 0.15) is 38.2 Å². The van der Waals surface area contributed by atoms with Gasteiger partial charge in [-0.2, -0.15) is 5.10 Å². The van der Waals surface area contributed by atoms with Crippen LogP contribution >= 0.6 is 0 Å². The molecule has 2 rings (SSSR count). The molecule has 108 valence electrons. The first-order valence-corrected chi connectivity index (χ1v) is 7.09. The van der Waals surface area contributed by atoms with E-state index in [2.05, 4.69) is 17.3 Å². The molecule has 0 saturated heterocycles. The summed E-state index contributed by atoms with van der Waals surface area (Å²) < 4.78 is 28.2. The van der Waals surface area contributed by atoms with Gasteiger partial charge in [-0.25, -0.2) is 8.78 Å². The van der Waals surface area contributed by atoms with E-state index in [1.54, 1.807) is 4.68 Å². The summed E-state index contributed by atoms with van der Waals surface area (Å²) in [4.78, 5) is 0.